The molecule has 1 heterocycles. The molecule has 0 fully saturated rings. The minimum atomic E-state index is -0.641. The average molecular weight is 209 g/mol. The van der Waals surface area contributed by atoms with E-state index in [2.05, 4.69) is 22.8 Å². The third kappa shape index (κ3) is 2.54. The van der Waals surface area contributed by atoms with E-state index in [1.54, 1.807) is 0 Å². The summed E-state index contributed by atoms with van der Waals surface area (Å²) in [7, 11) is 0. The lowest BCUT2D eigenvalue weighted by Gasteiger charge is -2.02. The Kier molecular flexibility index (Phi) is 3.82. The maximum absolute atomic E-state index is 11.4. The second-order valence-corrected chi connectivity index (χ2v) is 2.81. The topological polar surface area (TPSA) is 64.6 Å². The van der Waals surface area contributed by atoms with E-state index >= 15 is 0 Å². The summed E-state index contributed by atoms with van der Waals surface area (Å²) in [5, 5.41) is 0. The van der Waals surface area contributed by atoms with E-state index in [0.717, 1.165) is 0 Å². The molecule has 1 N–H and O–H groups in total. The predicted molar refractivity (Wildman–Crippen MR) is 52.0 cm³/mol. The third-order valence-corrected chi connectivity index (χ3v) is 1.82. The molecular weight excluding hydrogens is 198 g/mol. The Hall–Kier alpha value is -1.88. The highest BCUT2D eigenvalue weighted by Crippen LogP contribution is 2.18. The highest BCUT2D eigenvalue weighted by atomic mass is 16.9. The zero-order chi connectivity index (χ0) is 11.3. The molecule has 0 saturated heterocycles. The van der Waals surface area contributed by atoms with E-state index in [0.29, 0.717) is 0 Å². The summed E-state index contributed by atoms with van der Waals surface area (Å²) in [5.41, 5.74) is 2.29. The Balaban J connectivity index is 3.12. The van der Waals surface area contributed by atoms with Gasteiger partial charge in [-0.15, -0.1) is 13.2 Å². The third-order valence-electron chi connectivity index (χ3n) is 1.82. The van der Waals surface area contributed by atoms with Crippen molar-refractivity contribution in [2.24, 2.45) is 0 Å². The summed E-state index contributed by atoms with van der Waals surface area (Å²) in [6.07, 6.45) is 3.52. The van der Waals surface area contributed by atoms with E-state index < -0.39 is 11.9 Å². The standard InChI is InChI=1S/C10H11NO4/c1-3-5-7-8(6-4-2)10(13)15-11-14-9(7)12/h3-4,11H,1-2,5-6H2. The number of hydrogen-bond acceptors (Lipinski definition) is 5. The lowest BCUT2D eigenvalue weighted by atomic mass is 10.0. The summed E-state index contributed by atoms with van der Waals surface area (Å²) in [6.45, 7) is 7.00. The molecule has 0 bridgehead atoms. The molecule has 0 aromatic carbocycles. The van der Waals surface area contributed by atoms with Gasteiger partial charge in [-0.25, -0.2) is 9.59 Å². The van der Waals surface area contributed by atoms with Gasteiger partial charge in [-0.05, 0) is 12.8 Å². The molecule has 80 valence electrons. The smallest absolute Gasteiger partial charge is 0.331 e. The minimum absolute atomic E-state index is 0.236. The van der Waals surface area contributed by atoms with Gasteiger partial charge in [-0.1, -0.05) is 12.2 Å². The molecule has 15 heavy (non-hydrogen) atoms. The molecule has 1 aliphatic rings. The molecule has 1 rings (SSSR count). The Bertz CT molecular complexity index is 311. The Labute approximate surface area is 87.0 Å². The summed E-state index contributed by atoms with van der Waals surface area (Å²) < 4.78 is 0. The van der Waals surface area contributed by atoms with Gasteiger partial charge >= 0.3 is 11.9 Å². The van der Waals surface area contributed by atoms with Gasteiger partial charge in [0.05, 0.1) is 11.1 Å². The first-order chi connectivity index (χ1) is 7.20. The van der Waals surface area contributed by atoms with Crippen LogP contribution in [0.15, 0.2) is 36.5 Å². The van der Waals surface area contributed by atoms with E-state index in [1.807, 2.05) is 5.64 Å². The molecule has 0 amide bonds. The van der Waals surface area contributed by atoms with Gasteiger partial charge in [0, 0.05) is 5.64 Å². The van der Waals surface area contributed by atoms with Crippen LogP contribution in [0.1, 0.15) is 12.8 Å². The number of carbonyl (C=O) groups excluding carboxylic acids is 2. The van der Waals surface area contributed by atoms with Crippen molar-refractivity contribution < 1.29 is 19.3 Å². The first-order valence-electron chi connectivity index (χ1n) is 4.31. The Morgan fingerprint density at radius 3 is 1.73 bits per heavy atom. The van der Waals surface area contributed by atoms with Crippen LogP contribution in [0, 0.1) is 0 Å². The fourth-order valence-corrected chi connectivity index (χ4v) is 1.17. The van der Waals surface area contributed by atoms with Crippen molar-refractivity contribution in [1.29, 1.82) is 0 Å². The maximum atomic E-state index is 11.4. The second-order valence-electron chi connectivity index (χ2n) is 2.81. The fourth-order valence-electron chi connectivity index (χ4n) is 1.17. The summed E-state index contributed by atoms with van der Waals surface area (Å²) in [4.78, 5) is 31.6. The van der Waals surface area contributed by atoms with E-state index in [-0.39, 0.29) is 24.0 Å². The van der Waals surface area contributed by atoms with Gasteiger partial charge in [-0.3, -0.25) is 0 Å². The zero-order valence-electron chi connectivity index (χ0n) is 8.12. The molecule has 0 unspecified atom stereocenters. The summed E-state index contributed by atoms with van der Waals surface area (Å²) >= 11 is 0. The van der Waals surface area contributed by atoms with Crippen LogP contribution in [-0.4, -0.2) is 11.9 Å². The van der Waals surface area contributed by atoms with E-state index in [9.17, 15) is 9.59 Å². The van der Waals surface area contributed by atoms with Gasteiger partial charge < -0.3 is 9.68 Å². The molecule has 5 nitrogen and oxygen atoms in total. The van der Waals surface area contributed by atoms with Crippen molar-refractivity contribution in [3.05, 3.63) is 36.5 Å². The minimum Gasteiger partial charge on any atom is -0.331 e. The van der Waals surface area contributed by atoms with Crippen molar-refractivity contribution in [3.63, 3.8) is 0 Å². The Morgan fingerprint density at radius 2 is 1.40 bits per heavy atom. The van der Waals surface area contributed by atoms with Crippen molar-refractivity contribution in [1.82, 2.24) is 5.64 Å². The SMILES string of the molecule is C=CCC1=C(CC=C)C(=O)ONOC1=O. The first kappa shape index (κ1) is 11.2. The normalized spacial score (nSPS) is 16.5. The van der Waals surface area contributed by atoms with Gasteiger partial charge in [0.15, 0.2) is 0 Å². The second kappa shape index (κ2) is 5.11. The van der Waals surface area contributed by atoms with E-state index in [4.69, 9.17) is 0 Å². The molecule has 0 radical (unpaired) electrons. The van der Waals surface area contributed by atoms with Crippen molar-refractivity contribution in [2.75, 3.05) is 0 Å². The monoisotopic (exact) mass is 209 g/mol. The predicted octanol–water partition coefficient (Wildman–Crippen LogP) is 0.955. The molecule has 0 atom stereocenters. The number of carbonyl (C=O) groups is 2. The molecule has 5 heteroatoms. The largest absolute Gasteiger partial charge is 0.357 e. The van der Waals surface area contributed by atoms with Crippen LogP contribution in [0.25, 0.3) is 0 Å². The molecule has 0 spiro atoms. The summed E-state index contributed by atoms with van der Waals surface area (Å²) in [6, 6.07) is 0. The quantitative estimate of drug-likeness (QED) is 0.698. The number of nitrogens with one attached hydrogen (secondary N) is 1. The highest BCUT2D eigenvalue weighted by Gasteiger charge is 2.25. The molecular formula is C10H11NO4. The molecule has 0 saturated carbocycles. The van der Waals surface area contributed by atoms with Crippen LogP contribution in [0.3, 0.4) is 0 Å². The van der Waals surface area contributed by atoms with Crippen molar-refractivity contribution in [3.8, 4) is 0 Å². The molecule has 0 aromatic heterocycles. The van der Waals surface area contributed by atoms with Gasteiger partial charge in [0.25, 0.3) is 0 Å². The van der Waals surface area contributed by atoms with Crippen LogP contribution >= 0.6 is 0 Å². The number of hydrogen-bond donors (Lipinski definition) is 1. The number of allylic oxidation sites excluding steroid dienone is 2. The lowest BCUT2D eigenvalue weighted by Crippen LogP contribution is -2.20. The van der Waals surface area contributed by atoms with Gasteiger partial charge in [-0.2, -0.15) is 0 Å². The summed E-state index contributed by atoms with van der Waals surface area (Å²) in [5.74, 6) is -1.28. The van der Waals surface area contributed by atoms with Crippen LogP contribution in [0.2, 0.25) is 0 Å². The average Bonchev–Trinajstić information content (AvgIpc) is 2.33. The molecule has 1 aliphatic heterocycles. The highest BCUT2D eigenvalue weighted by molar-refractivity contribution is 6.01. The lowest BCUT2D eigenvalue weighted by molar-refractivity contribution is -0.189. The molecule has 0 aromatic rings. The maximum Gasteiger partial charge on any atom is 0.357 e. The zero-order valence-corrected chi connectivity index (χ0v) is 8.12. The van der Waals surface area contributed by atoms with Crippen LogP contribution in [0.5, 0.6) is 0 Å². The Morgan fingerprint density at radius 1 is 1.00 bits per heavy atom. The van der Waals surface area contributed by atoms with Gasteiger partial charge in [0.1, 0.15) is 0 Å². The van der Waals surface area contributed by atoms with Crippen molar-refractivity contribution >= 4 is 11.9 Å². The van der Waals surface area contributed by atoms with Crippen LogP contribution in [0.4, 0.5) is 0 Å². The van der Waals surface area contributed by atoms with Crippen LogP contribution < -0.4 is 5.64 Å². The van der Waals surface area contributed by atoms with Gasteiger partial charge in [0.2, 0.25) is 0 Å². The number of rotatable bonds is 4. The molecule has 0 aliphatic carbocycles. The first-order valence-corrected chi connectivity index (χ1v) is 4.31. The van der Waals surface area contributed by atoms with Crippen LogP contribution in [-0.2, 0) is 19.3 Å². The van der Waals surface area contributed by atoms with E-state index in [1.165, 1.54) is 12.2 Å². The fraction of sp³-hybridized carbons (Fsp3) is 0.200. The van der Waals surface area contributed by atoms with Crippen molar-refractivity contribution in [2.45, 2.75) is 12.8 Å².